The van der Waals surface area contributed by atoms with Gasteiger partial charge < -0.3 is 9.47 Å². The predicted octanol–water partition coefficient (Wildman–Crippen LogP) is 4.52. The van der Waals surface area contributed by atoms with Crippen LogP contribution in [-0.4, -0.2) is 18.3 Å². The molecule has 0 unspecified atom stereocenters. The zero-order valence-corrected chi connectivity index (χ0v) is 15.1. The monoisotopic (exact) mass is 443 g/mol. The molecule has 0 bridgehead atoms. The smallest absolute Gasteiger partial charge is 0.276 e. The molecule has 0 aliphatic carbocycles. The van der Waals surface area contributed by atoms with Crippen LogP contribution in [0.1, 0.15) is 15.9 Å². The van der Waals surface area contributed by atoms with Crippen LogP contribution < -0.4 is 9.47 Å². The average molecular weight is 445 g/mol. The zero-order valence-electron chi connectivity index (χ0n) is 11.9. The number of benzene rings is 2. The molecule has 2 rings (SSSR count). The summed E-state index contributed by atoms with van der Waals surface area (Å²) in [6.45, 7) is -0.0149. The molecule has 0 saturated carbocycles. The van der Waals surface area contributed by atoms with Crippen LogP contribution in [-0.2, 0) is 6.61 Å². The third-order valence-electron chi connectivity index (χ3n) is 3.06. The summed E-state index contributed by atoms with van der Waals surface area (Å²) in [6.07, 6.45) is 0.684. The predicted molar refractivity (Wildman–Crippen MR) is 91.2 cm³/mol. The summed E-state index contributed by atoms with van der Waals surface area (Å²) in [5, 5.41) is 11.0. The first-order valence-corrected chi connectivity index (χ1v) is 7.94. The number of aldehydes is 1. The molecule has 0 amide bonds. The molecule has 0 atom stereocenters. The van der Waals surface area contributed by atoms with Crippen molar-refractivity contribution in [1.29, 1.82) is 0 Å². The minimum absolute atomic E-state index is 0.0149. The number of methoxy groups -OCH3 is 1. The quantitative estimate of drug-likeness (QED) is 0.371. The second-order valence-electron chi connectivity index (χ2n) is 4.42. The minimum Gasteiger partial charge on any atom is -0.493 e. The van der Waals surface area contributed by atoms with Gasteiger partial charge in [-0.1, -0.05) is 12.1 Å². The Morgan fingerprint density at radius 3 is 2.57 bits per heavy atom. The summed E-state index contributed by atoms with van der Waals surface area (Å²) in [7, 11) is 1.45. The van der Waals surface area contributed by atoms with E-state index in [0.717, 1.165) is 0 Å². The molecule has 0 spiro atoms. The van der Waals surface area contributed by atoms with E-state index in [1.807, 2.05) is 0 Å². The Bertz CT molecular complexity index is 764. The lowest BCUT2D eigenvalue weighted by Gasteiger charge is -2.15. The first kappa shape index (κ1) is 17.4. The van der Waals surface area contributed by atoms with Gasteiger partial charge in [0.1, 0.15) is 6.61 Å². The Balaban J connectivity index is 2.36. The number of nitro benzene ring substituents is 1. The molecule has 8 heteroatoms. The maximum atomic E-state index is 11.0. The van der Waals surface area contributed by atoms with Gasteiger partial charge in [0.05, 0.1) is 22.1 Å². The first-order valence-electron chi connectivity index (χ1n) is 6.35. The summed E-state index contributed by atoms with van der Waals surface area (Å²) in [5.41, 5.74) is 0.806. The summed E-state index contributed by atoms with van der Waals surface area (Å²) in [5.74, 6) is 0.698. The second-order valence-corrected chi connectivity index (χ2v) is 6.00. The van der Waals surface area contributed by atoms with Gasteiger partial charge in [-0.05, 0) is 44.0 Å². The number of rotatable bonds is 6. The van der Waals surface area contributed by atoms with E-state index in [-0.39, 0.29) is 12.3 Å². The molecular weight excluding hydrogens is 434 g/mol. The Hall–Kier alpha value is -1.93. The topological polar surface area (TPSA) is 78.7 Å². The fourth-order valence-electron chi connectivity index (χ4n) is 1.94. The molecule has 2 aromatic rings. The van der Waals surface area contributed by atoms with Gasteiger partial charge in [0.25, 0.3) is 5.69 Å². The highest BCUT2D eigenvalue weighted by molar-refractivity contribution is 9.13. The summed E-state index contributed by atoms with van der Waals surface area (Å²) in [4.78, 5) is 21.6. The third-order valence-corrected chi connectivity index (χ3v) is 5.21. The van der Waals surface area contributed by atoms with Gasteiger partial charge in [0.2, 0.25) is 0 Å². The number of hydrogen-bond acceptors (Lipinski definition) is 5. The Labute approximate surface area is 148 Å². The van der Waals surface area contributed by atoms with Crippen LogP contribution in [0.15, 0.2) is 39.3 Å². The number of nitro groups is 1. The van der Waals surface area contributed by atoms with Crippen molar-refractivity contribution in [2.24, 2.45) is 0 Å². The highest BCUT2D eigenvalue weighted by Gasteiger charge is 2.19. The molecule has 0 aliphatic rings. The largest absolute Gasteiger partial charge is 0.493 e. The number of carbonyl (C=O) groups excluding carboxylic acids is 1. The summed E-state index contributed by atoms with van der Waals surface area (Å²) >= 11 is 6.64. The first-order chi connectivity index (χ1) is 11.0. The lowest BCUT2D eigenvalue weighted by Crippen LogP contribution is -2.03. The Kier molecular flexibility index (Phi) is 5.73. The summed E-state index contributed by atoms with van der Waals surface area (Å²) in [6, 6.07) is 7.84. The van der Waals surface area contributed by atoms with Gasteiger partial charge in [-0.15, -0.1) is 0 Å². The molecular formula is C15H11Br2NO5. The standard InChI is InChI=1S/C15H11Br2NO5/c1-22-12-6-10(7-19)13(16)14(17)15(12)23-8-9-4-2-3-5-11(9)18(20)21/h2-7H,8H2,1H3. The van der Waals surface area contributed by atoms with Crippen LogP contribution in [0.3, 0.4) is 0 Å². The van der Waals surface area contributed by atoms with Crippen LogP contribution in [0, 0.1) is 10.1 Å². The molecule has 2 aromatic carbocycles. The Morgan fingerprint density at radius 2 is 1.96 bits per heavy atom. The van der Waals surface area contributed by atoms with Crippen LogP contribution in [0.5, 0.6) is 11.5 Å². The number of carbonyl (C=O) groups is 1. The van der Waals surface area contributed by atoms with Crippen LogP contribution in [0.25, 0.3) is 0 Å². The normalized spacial score (nSPS) is 10.2. The summed E-state index contributed by atoms with van der Waals surface area (Å²) < 4.78 is 11.9. The van der Waals surface area contributed by atoms with E-state index >= 15 is 0 Å². The van der Waals surface area contributed by atoms with Crippen molar-refractivity contribution >= 4 is 43.8 Å². The van der Waals surface area contributed by atoms with Crippen LogP contribution in [0.4, 0.5) is 5.69 Å². The number of para-hydroxylation sites is 1. The van der Waals surface area contributed by atoms with E-state index in [2.05, 4.69) is 31.9 Å². The molecule has 0 N–H and O–H groups in total. The SMILES string of the molecule is COc1cc(C=O)c(Br)c(Br)c1OCc1ccccc1[N+](=O)[O-]. The van der Waals surface area contributed by atoms with Gasteiger partial charge in [-0.3, -0.25) is 14.9 Å². The fraction of sp³-hybridized carbons (Fsp3) is 0.133. The van der Waals surface area contributed by atoms with Gasteiger partial charge in [0.15, 0.2) is 17.8 Å². The van der Waals surface area contributed by atoms with Crippen molar-refractivity contribution < 1.29 is 19.2 Å². The average Bonchev–Trinajstić information content (AvgIpc) is 2.56. The molecule has 0 aliphatic heterocycles. The van der Waals surface area contributed by atoms with Gasteiger partial charge in [0, 0.05) is 16.1 Å². The molecule has 0 heterocycles. The van der Waals surface area contributed by atoms with Gasteiger partial charge >= 0.3 is 0 Å². The van der Waals surface area contributed by atoms with E-state index in [9.17, 15) is 14.9 Å². The van der Waals surface area contributed by atoms with Crippen LogP contribution in [0.2, 0.25) is 0 Å². The van der Waals surface area contributed by atoms with Crippen molar-refractivity contribution in [2.75, 3.05) is 7.11 Å². The van der Waals surface area contributed by atoms with Crippen LogP contribution >= 0.6 is 31.9 Å². The van der Waals surface area contributed by atoms with Crippen molar-refractivity contribution in [3.63, 3.8) is 0 Å². The zero-order chi connectivity index (χ0) is 17.0. The van der Waals surface area contributed by atoms with E-state index in [1.165, 1.54) is 19.2 Å². The lowest BCUT2D eigenvalue weighted by atomic mass is 10.2. The Morgan fingerprint density at radius 1 is 1.26 bits per heavy atom. The van der Waals surface area contributed by atoms with Gasteiger partial charge in [-0.2, -0.15) is 0 Å². The molecule has 0 aromatic heterocycles. The molecule has 0 fully saturated rings. The van der Waals surface area contributed by atoms with Crippen molar-refractivity contribution in [3.8, 4) is 11.5 Å². The van der Waals surface area contributed by atoms with Crippen molar-refractivity contribution in [2.45, 2.75) is 6.61 Å². The maximum Gasteiger partial charge on any atom is 0.276 e. The third kappa shape index (κ3) is 3.70. The van der Waals surface area contributed by atoms with Gasteiger partial charge in [-0.25, -0.2) is 0 Å². The van der Waals surface area contributed by atoms with E-state index in [4.69, 9.17) is 9.47 Å². The van der Waals surface area contributed by atoms with E-state index < -0.39 is 4.92 Å². The fourth-order valence-corrected chi connectivity index (χ4v) is 2.86. The number of nitrogens with zero attached hydrogens (tertiary/aromatic N) is 1. The molecule has 23 heavy (non-hydrogen) atoms. The number of ether oxygens (including phenoxy) is 2. The van der Waals surface area contributed by atoms with E-state index in [0.29, 0.717) is 37.9 Å². The minimum atomic E-state index is -0.462. The number of halogens is 2. The van der Waals surface area contributed by atoms with Crippen molar-refractivity contribution in [1.82, 2.24) is 0 Å². The number of hydrogen-bond donors (Lipinski definition) is 0. The lowest BCUT2D eigenvalue weighted by molar-refractivity contribution is -0.385. The molecule has 0 radical (unpaired) electrons. The van der Waals surface area contributed by atoms with Crippen molar-refractivity contribution in [3.05, 3.63) is 60.5 Å². The second kappa shape index (κ2) is 7.56. The highest BCUT2D eigenvalue weighted by Crippen LogP contribution is 2.42. The maximum absolute atomic E-state index is 11.0. The molecule has 0 saturated heterocycles. The molecule has 120 valence electrons. The molecule has 6 nitrogen and oxygen atoms in total. The van der Waals surface area contributed by atoms with E-state index in [1.54, 1.807) is 18.2 Å². The highest BCUT2D eigenvalue weighted by atomic mass is 79.9.